The van der Waals surface area contributed by atoms with E-state index in [-0.39, 0.29) is 42.3 Å². The SMILES string of the molecule is CCCc1nc(C)nc(C(=O)N2CCN(C(=O)COCc3ccccc3)C(C)C2)c1C(=O)OCC. The Morgan fingerprint density at radius 2 is 1.83 bits per heavy atom. The van der Waals surface area contributed by atoms with Crippen molar-refractivity contribution in [2.75, 3.05) is 32.8 Å². The quantitative estimate of drug-likeness (QED) is 0.507. The van der Waals surface area contributed by atoms with Crippen LogP contribution in [-0.2, 0) is 27.3 Å². The molecule has 2 aromatic rings. The van der Waals surface area contributed by atoms with Crippen LogP contribution in [-0.4, -0.2) is 76.4 Å². The number of hydrogen-bond donors (Lipinski definition) is 0. The van der Waals surface area contributed by atoms with Crippen LogP contribution < -0.4 is 0 Å². The molecule has 188 valence electrons. The highest BCUT2D eigenvalue weighted by Gasteiger charge is 2.34. The van der Waals surface area contributed by atoms with E-state index in [9.17, 15) is 14.4 Å². The van der Waals surface area contributed by atoms with Gasteiger partial charge >= 0.3 is 5.97 Å². The molecule has 3 rings (SSSR count). The maximum atomic E-state index is 13.5. The highest BCUT2D eigenvalue weighted by Crippen LogP contribution is 2.20. The molecule has 2 heterocycles. The fourth-order valence-electron chi connectivity index (χ4n) is 4.20. The highest BCUT2D eigenvalue weighted by molar-refractivity contribution is 6.04. The van der Waals surface area contributed by atoms with Gasteiger partial charge in [0.15, 0.2) is 0 Å². The van der Waals surface area contributed by atoms with Crippen molar-refractivity contribution in [1.82, 2.24) is 19.8 Å². The number of hydrogen-bond acceptors (Lipinski definition) is 7. The molecular formula is C26H34N4O5. The molecule has 35 heavy (non-hydrogen) atoms. The number of piperazine rings is 1. The van der Waals surface area contributed by atoms with Gasteiger partial charge in [0, 0.05) is 25.7 Å². The molecule has 0 N–H and O–H groups in total. The summed E-state index contributed by atoms with van der Waals surface area (Å²) < 4.78 is 10.8. The Kier molecular flexibility index (Phi) is 9.31. The lowest BCUT2D eigenvalue weighted by Gasteiger charge is -2.39. The predicted octanol–water partition coefficient (Wildman–Crippen LogP) is 2.80. The maximum absolute atomic E-state index is 13.5. The Balaban J connectivity index is 1.68. The first kappa shape index (κ1) is 26.3. The molecule has 1 fully saturated rings. The molecule has 0 bridgehead atoms. The summed E-state index contributed by atoms with van der Waals surface area (Å²) in [5.41, 5.74) is 1.74. The van der Waals surface area contributed by atoms with Crippen LogP contribution in [0.5, 0.6) is 0 Å². The molecule has 0 spiro atoms. The van der Waals surface area contributed by atoms with Crippen molar-refractivity contribution in [3.05, 3.63) is 58.7 Å². The van der Waals surface area contributed by atoms with Gasteiger partial charge in [-0.2, -0.15) is 0 Å². The number of ether oxygens (including phenoxy) is 2. The monoisotopic (exact) mass is 482 g/mol. The molecule has 1 unspecified atom stereocenters. The molecule has 0 radical (unpaired) electrons. The van der Waals surface area contributed by atoms with Gasteiger partial charge in [0.05, 0.1) is 18.9 Å². The lowest BCUT2D eigenvalue weighted by molar-refractivity contribution is -0.140. The van der Waals surface area contributed by atoms with Crippen LogP contribution in [0.3, 0.4) is 0 Å². The van der Waals surface area contributed by atoms with Crippen LogP contribution in [0.15, 0.2) is 30.3 Å². The molecule has 0 saturated carbocycles. The minimum Gasteiger partial charge on any atom is -0.462 e. The Morgan fingerprint density at radius 1 is 1.09 bits per heavy atom. The van der Waals surface area contributed by atoms with Crippen LogP contribution in [0.2, 0.25) is 0 Å². The van der Waals surface area contributed by atoms with E-state index < -0.39 is 5.97 Å². The number of aryl methyl sites for hydroxylation is 2. The number of esters is 1. The first-order valence-electron chi connectivity index (χ1n) is 12.1. The Morgan fingerprint density at radius 3 is 2.49 bits per heavy atom. The van der Waals surface area contributed by atoms with Crippen molar-refractivity contribution in [2.24, 2.45) is 0 Å². The standard InChI is InChI=1S/C26H34N4O5/c1-5-10-21-23(26(33)35-6-2)24(28-19(4)27-21)25(32)29-13-14-30(18(3)15-29)22(31)17-34-16-20-11-8-7-9-12-20/h7-9,11-12,18H,5-6,10,13-17H2,1-4H3. The topological polar surface area (TPSA) is 102 Å². The van der Waals surface area contributed by atoms with Crippen LogP contribution in [0.25, 0.3) is 0 Å². The van der Waals surface area contributed by atoms with E-state index in [1.807, 2.05) is 44.2 Å². The lowest BCUT2D eigenvalue weighted by Crippen LogP contribution is -2.56. The molecular weight excluding hydrogens is 448 g/mol. The zero-order chi connectivity index (χ0) is 25.4. The molecule has 1 aliphatic rings. The van der Waals surface area contributed by atoms with E-state index in [2.05, 4.69) is 9.97 Å². The number of carbonyl (C=O) groups excluding carboxylic acids is 3. The molecule has 1 atom stereocenters. The summed E-state index contributed by atoms with van der Waals surface area (Å²) in [5, 5.41) is 0. The molecule has 9 nitrogen and oxygen atoms in total. The largest absolute Gasteiger partial charge is 0.462 e. The third kappa shape index (κ3) is 6.63. The number of benzene rings is 1. The van der Waals surface area contributed by atoms with Gasteiger partial charge < -0.3 is 19.3 Å². The zero-order valence-corrected chi connectivity index (χ0v) is 21.0. The summed E-state index contributed by atoms with van der Waals surface area (Å²) >= 11 is 0. The van der Waals surface area contributed by atoms with Gasteiger partial charge in [-0.25, -0.2) is 14.8 Å². The van der Waals surface area contributed by atoms with Crippen molar-refractivity contribution >= 4 is 17.8 Å². The number of nitrogens with zero attached hydrogens (tertiary/aromatic N) is 4. The Labute approximate surface area is 206 Å². The van der Waals surface area contributed by atoms with Crippen LogP contribution in [0, 0.1) is 6.92 Å². The van der Waals surface area contributed by atoms with Gasteiger partial charge in [0.2, 0.25) is 5.91 Å². The number of aromatic nitrogens is 2. The lowest BCUT2D eigenvalue weighted by atomic mass is 10.1. The number of rotatable bonds is 9. The summed E-state index contributed by atoms with van der Waals surface area (Å²) in [5.74, 6) is -0.620. The van der Waals surface area contributed by atoms with E-state index >= 15 is 0 Å². The molecule has 1 saturated heterocycles. The first-order chi connectivity index (χ1) is 16.8. The van der Waals surface area contributed by atoms with E-state index in [4.69, 9.17) is 9.47 Å². The second kappa shape index (κ2) is 12.4. The fourth-order valence-corrected chi connectivity index (χ4v) is 4.20. The van der Waals surface area contributed by atoms with Gasteiger partial charge in [0.1, 0.15) is 23.7 Å². The smallest absolute Gasteiger partial charge is 0.342 e. The third-order valence-corrected chi connectivity index (χ3v) is 5.84. The van der Waals surface area contributed by atoms with Gasteiger partial charge in [0.25, 0.3) is 5.91 Å². The van der Waals surface area contributed by atoms with E-state index in [1.54, 1.807) is 23.6 Å². The summed E-state index contributed by atoms with van der Waals surface area (Å²) in [6.45, 7) is 8.88. The van der Waals surface area contributed by atoms with Gasteiger partial charge in [-0.05, 0) is 32.8 Å². The van der Waals surface area contributed by atoms with Crippen molar-refractivity contribution in [3.8, 4) is 0 Å². The summed E-state index contributed by atoms with van der Waals surface area (Å²) in [7, 11) is 0. The average molecular weight is 483 g/mol. The maximum Gasteiger partial charge on any atom is 0.342 e. The van der Waals surface area contributed by atoms with Crippen LogP contribution >= 0.6 is 0 Å². The normalized spacial score (nSPS) is 15.7. The Bertz CT molecular complexity index is 1040. The molecule has 1 aromatic carbocycles. The predicted molar refractivity (Wildman–Crippen MR) is 130 cm³/mol. The zero-order valence-electron chi connectivity index (χ0n) is 21.0. The van der Waals surface area contributed by atoms with E-state index in [0.29, 0.717) is 44.2 Å². The van der Waals surface area contributed by atoms with E-state index in [0.717, 1.165) is 12.0 Å². The second-order valence-electron chi connectivity index (χ2n) is 8.58. The molecule has 9 heteroatoms. The van der Waals surface area contributed by atoms with Crippen molar-refractivity contribution < 1.29 is 23.9 Å². The molecule has 0 aliphatic carbocycles. The van der Waals surface area contributed by atoms with E-state index in [1.165, 1.54) is 0 Å². The summed E-state index contributed by atoms with van der Waals surface area (Å²) in [6, 6.07) is 9.48. The molecule has 1 aromatic heterocycles. The fraction of sp³-hybridized carbons (Fsp3) is 0.500. The summed E-state index contributed by atoms with van der Waals surface area (Å²) in [4.78, 5) is 51.1. The summed E-state index contributed by atoms with van der Waals surface area (Å²) in [6.07, 6.45) is 1.31. The van der Waals surface area contributed by atoms with Gasteiger partial charge in [-0.3, -0.25) is 9.59 Å². The van der Waals surface area contributed by atoms with Crippen LogP contribution in [0.4, 0.5) is 0 Å². The van der Waals surface area contributed by atoms with Crippen molar-refractivity contribution in [3.63, 3.8) is 0 Å². The Hall–Kier alpha value is -3.33. The first-order valence-corrected chi connectivity index (χ1v) is 12.1. The minimum atomic E-state index is -0.586. The second-order valence-corrected chi connectivity index (χ2v) is 8.58. The minimum absolute atomic E-state index is 0.0222. The number of amides is 2. The third-order valence-electron chi connectivity index (χ3n) is 5.84. The molecule has 1 aliphatic heterocycles. The van der Waals surface area contributed by atoms with Crippen molar-refractivity contribution in [2.45, 2.75) is 53.2 Å². The highest BCUT2D eigenvalue weighted by atomic mass is 16.5. The van der Waals surface area contributed by atoms with Crippen LogP contribution in [0.1, 0.15) is 65.1 Å². The van der Waals surface area contributed by atoms with Gasteiger partial charge in [-0.1, -0.05) is 43.7 Å². The number of carbonyl (C=O) groups is 3. The van der Waals surface area contributed by atoms with Gasteiger partial charge in [-0.15, -0.1) is 0 Å². The van der Waals surface area contributed by atoms with Crippen molar-refractivity contribution in [1.29, 1.82) is 0 Å². The molecule has 2 amide bonds. The average Bonchev–Trinajstić information content (AvgIpc) is 2.84.